The molecule has 1 aromatic heterocycles. The molecule has 0 spiro atoms. The molecule has 1 aromatic carbocycles. The van der Waals surface area contributed by atoms with Crippen molar-refractivity contribution in [2.45, 2.75) is 64.9 Å². The second kappa shape index (κ2) is 7.84. The molecule has 6 heteroatoms. The third-order valence-electron chi connectivity index (χ3n) is 6.31. The molecule has 4 heterocycles. The Hall–Kier alpha value is -3.02. The van der Waals surface area contributed by atoms with E-state index < -0.39 is 11.2 Å². The van der Waals surface area contributed by atoms with Crippen LogP contribution in [0.5, 0.6) is 11.5 Å². The van der Waals surface area contributed by atoms with E-state index in [1.807, 2.05) is 32.2 Å². The Balaban J connectivity index is 1.75. The Morgan fingerprint density at radius 3 is 2.66 bits per heavy atom. The van der Waals surface area contributed by atoms with Crippen molar-refractivity contribution >= 4 is 22.8 Å². The van der Waals surface area contributed by atoms with Crippen molar-refractivity contribution < 1.29 is 18.7 Å². The van der Waals surface area contributed by atoms with E-state index >= 15 is 0 Å². The van der Waals surface area contributed by atoms with Crippen LogP contribution in [0.3, 0.4) is 0 Å². The van der Waals surface area contributed by atoms with E-state index in [-0.39, 0.29) is 17.8 Å². The van der Waals surface area contributed by atoms with E-state index in [9.17, 15) is 9.59 Å². The molecule has 0 N–H and O–H groups in total. The maximum absolute atomic E-state index is 13.4. The van der Waals surface area contributed by atoms with Gasteiger partial charge in [-0.25, -0.2) is 4.79 Å². The molecular formula is C26H29NO5. The fraction of sp³-hybridized carbons (Fsp3) is 0.462. The van der Waals surface area contributed by atoms with Gasteiger partial charge in [-0.05, 0) is 57.2 Å². The van der Waals surface area contributed by atoms with Crippen LogP contribution in [0, 0.1) is 0 Å². The molecule has 2 aromatic rings. The lowest BCUT2D eigenvalue weighted by atomic mass is 9.90. The van der Waals surface area contributed by atoms with Gasteiger partial charge >= 0.3 is 5.63 Å². The second-order valence-electron chi connectivity index (χ2n) is 9.42. The van der Waals surface area contributed by atoms with Crippen LogP contribution in [0.25, 0.3) is 17.0 Å². The number of fused-ring (bicyclic) bond motifs is 6. The van der Waals surface area contributed by atoms with Gasteiger partial charge < -0.3 is 18.8 Å². The predicted octanol–water partition coefficient (Wildman–Crippen LogP) is 5.22. The van der Waals surface area contributed by atoms with Gasteiger partial charge in [0.1, 0.15) is 22.7 Å². The number of rotatable bonds is 3. The van der Waals surface area contributed by atoms with Gasteiger partial charge in [0.25, 0.3) is 0 Å². The summed E-state index contributed by atoms with van der Waals surface area (Å²) < 4.78 is 18.3. The van der Waals surface area contributed by atoms with Crippen LogP contribution in [-0.2, 0) is 6.42 Å². The van der Waals surface area contributed by atoms with E-state index in [4.69, 9.17) is 13.9 Å². The SMILES string of the molecule is CCCc1cc(=O)oc2c3c(c4c(c12)OC(C)(C)C=C4)OC(=CN1CCCCC1)CC3=O. The number of carbonyl (C=O) groups is 1. The first-order chi connectivity index (χ1) is 15.4. The number of ether oxygens (including phenoxy) is 2. The van der Waals surface area contributed by atoms with E-state index in [0.717, 1.165) is 43.5 Å². The molecule has 0 bridgehead atoms. The molecule has 0 amide bonds. The van der Waals surface area contributed by atoms with Gasteiger partial charge in [-0.1, -0.05) is 13.3 Å². The molecule has 32 heavy (non-hydrogen) atoms. The summed E-state index contributed by atoms with van der Waals surface area (Å²) in [7, 11) is 0. The third-order valence-corrected chi connectivity index (χ3v) is 6.31. The highest BCUT2D eigenvalue weighted by atomic mass is 16.5. The summed E-state index contributed by atoms with van der Waals surface area (Å²) in [6.45, 7) is 7.95. The van der Waals surface area contributed by atoms with Gasteiger partial charge in [-0.2, -0.15) is 0 Å². The van der Waals surface area contributed by atoms with Crippen LogP contribution in [0.2, 0.25) is 0 Å². The first-order valence-electron chi connectivity index (χ1n) is 11.6. The molecule has 1 fully saturated rings. The Bertz CT molecular complexity index is 1210. The molecular weight excluding hydrogens is 406 g/mol. The lowest BCUT2D eigenvalue weighted by molar-refractivity contribution is 0.0961. The maximum Gasteiger partial charge on any atom is 0.336 e. The van der Waals surface area contributed by atoms with Crippen molar-refractivity contribution in [3.05, 3.63) is 51.2 Å². The number of allylic oxidation sites excluding steroid dienone is 1. The zero-order valence-corrected chi connectivity index (χ0v) is 19.0. The average molecular weight is 436 g/mol. The van der Waals surface area contributed by atoms with Gasteiger partial charge in [-0.3, -0.25) is 4.79 Å². The van der Waals surface area contributed by atoms with Crippen molar-refractivity contribution in [1.29, 1.82) is 0 Å². The fourth-order valence-electron chi connectivity index (χ4n) is 4.84. The smallest absolute Gasteiger partial charge is 0.336 e. The molecule has 6 nitrogen and oxygen atoms in total. The summed E-state index contributed by atoms with van der Waals surface area (Å²) in [6, 6.07) is 1.52. The van der Waals surface area contributed by atoms with E-state index in [0.29, 0.717) is 34.6 Å². The molecule has 3 aliphatic heterocycles. The summed E-state index contributed by atoms with van der Waals surface area (Å²) in [5.41, 5.74) is 1.21. The predicted molar refractivity (Wildman–Crippen MR) is 123 cm³/mol. The average Bonchev–Trinajstić information content (AvgIpc) is 2.73. The molecule has 168 valence electrons. The molecule has 0 unspecified atom stereocenters. The Morgan fingerprint density at radius 1 is 1.12 bits per heavy atom. The second-order valence-corrected chi connectivity index (χ2v) is 9.42. The van der Waals surface area contributed by atoms with E-state index in [2.05, 4.69) is 11.8 Å². The van der Waals surface area contributed by atoms with Crippen LogP contribution in [0.15, 0.2) is 33.3 Å². The number of aryl methyl sites for hydroxylation is 1. The van der Waals surface area contributed by atoms with Gasteiger partial charge in [0.2, 0.25) is 0 Å². The van der Waals surface area contributed by atoms with Crippen LogP contribution >= 0.6 is 0 Å². The van der Waals surface area contributed by atoms with Gasteiger partial charge in [0.05, 0.1) is 17.4 Å². The summed E-state index contributed by atoms with van der Waals surface area (Å²) >= 11 is 0. The number of hydrogen-bond donors (Lipinski definition) is 0. The Kier molecular flexibility index (Phi) is 5.11. The number of likely N-dealkylation sites (tertiary alicyclic amines) is 1. The molecule has 1 saturated heterocycles. The number of piperidine rings is 1. The van der Waals surface area contributed by atoms with Gasteiger partial charge in [0, 0.05) is 25.4 Å². The first-order valence-corrected chi connectivity index (χ1v) is 11.6. The third kappa shape index (κ3) is 3.61. The highest BCUT2D eigenvalue weighted by molar-refractivity contribution is 6.14. The van der Waals surface area contributed by atoms with E-state index in [1.54, 1.807) is 0 Å². The topological polar surface area (TPSA) is 69.0 Å². The highest BCUT2D eigenvalue weighted by Gasteiger charge is 2.36. The number of hydrogen-bond acceptors (Lipinski definition) is 6. The number of nitrogens with zero attached hydrogens (tertiary/aromatic N) is 1. The normalized spacial score (nSPS) is 20.7. The van der Waals surface area contributed by atoms with Crippen molar-refractivity contribution in [3.8, 4) is 11.5 Å². The summed E-state index contributed by atoms with van der Waals surface area (Å²) in [4.78, 5) is 28.0. The van der Waals surface area contributed by atoms with Gasteiger partial charge in [-0.15, -0.1) is 0 Å². The van der Waals surface area contributed by atoms with Crippen molar-refractivity contribution in [2.24, 2.45) is 0 Å². The minimum atomic E-state index is -0.529. The molecule has 0 saturated carbocycles. The minimum Gasteiger partial charge on any atom is -0.482 e. The number of ketones is 1. The van der Waals surface area contributed by atoms with Crippen LogP contribution < -0.4 is 15.1 Å². The number of benzene rings is 1. The van der Waals surface area contributed by atoms with Crippen LogP contribution in [-0.4, -0.2) is 29.4 Å². The molecule has 0 atom stereocenters. The Morgan fingerprint density at radius 2 is 1.91 bits per heavy atom. The molecule has 0 aliphatic carbocycles. The van der Waals surface area contributed by atoms with Crippen LogP contribution in [0.4, 0.5) is 0 Å². The monoisotopic (exact) mass is 435 g/mol. The maximum atomic E-state index is 13.4. The number of carbonyl (C=O) groups excluding carboxylic acids is 1. The van der Waals surface area contributed by atoms with Crippen LogP contribution in [0.1, 0.15) is 74.4 Å². The largest absolute Gasteiger partial charge is 0.482 e. The lowest BCUT2D eigenvalue weighted by Gasteiger charge is -2.33. The van der Waals surface area contributed by atoms with Crippen molar-refractivity contribution in [1.82, 2.24) is 4.90 Å². The molecule has 3 aliphatic rings. The molecule has 5 rings (SSSR count). The van der Waals surface area contributed by atoms with Crippen molar-refractivity contribution in [3.63, 3.8) is 0 Å². The first kappa shape index (κ1) is 20.9. The quantitative estimate of drug-likeness (QED) is 0.616. The fourth-order valence-corrected chi connectivity index (χ4v) is 4.84. The summed E-state index contributed by atoms with van der Waals surface area (Å²) in [5.74, 6) is 1.56. The Labute approximate surface area is 187 Å². The standard InChI is InChI=1S/C26H29NO5/c1-4-8-16-13-20(29)31-25-21(16)24-18(9-10-26(2,3)32-24)23-22(25)19(28)14-17(30-23)15-27-11-6-5-7-12-27/h9-10,13,15H,4-8,11-12,14H2,1-3H3. The lowest BCUT2D eigenvalue weighted by Crippen LogP contribution is -2.29. The zero-order valence-electron chi connectivity index (χ0n) is 19.0. The highest BCUT2D eigenvalue weighted by Crippen LogP contribution is 2.49. The summed E-state index contributed by atoms with van der Waals surface area (Å²) in [5, 5.41) is 0.707. The minimum absolute atomic E-state index is 0.0997. The molecule has 0 radical (unpaired) electrons. The van der Waals surface area contributed by atoms with Gasteiger partial charge in [0.15, 0.2) is 17.1 Å². The van der Waals surface area contributed by atoms with Crippen molar-refractivity contribution in [2.75, 3.05) is 13.1 Å². The zero-order chi connectivity index (χ0) is 22.5. The summed E-state index contributed by atoms with van der Waals surface area (Å²) in [6.07, 6.45) is 11.1. The van der Waals surface area contributed by atoms with E-state index in [1.165, 1.54) is 12.5 Å². The number of Topliss-reactive ketones (excluding diaryl/α,β-unsaturated/α-hetero) is 1.